The summed E-state index contributed by atoms with van der Waals surface area (Å²) in [6.45, 7) is 0.312. The van der Waals surface area contributed by atoms with E-state index in [0.29, 0.717) is 11.6 Å². The number of carbonyl (C=O) groups is 1. The van der Waals surface area contributed by atoms with Crippen LogP contribution in [0.15, 0.2) is 33.6 Å². The van der Waals surface area contributed by atoms with Gasteiger partial charge in [0.25, 0.3) is 5.56 Å². The van der Waals surface area contributed by atoms with E-state index in [4.69, 9.17) is 27.0 Å². The summed E-state index contributed by atoms with van der Waals surface area (Å²) >= 11 is 5.93. The first-order chi connectivity index (χ1) is 11.9. The maximum atomic E-state index is 11.8. The highest BCUT2D eigenvalue weighted by Gasteiger charge is 2.24. The Kier molecular flexibility index (Phi) is 4.63. The van der Waals surface area contributed by atoms with Gasteiger partial charge in [0.15, 0.2) is 0 Å². The molecule has 3 rings (SSSR count). The fraction of sp³-hybridized carbons (Fsp3) is 0.214. The van der Waals surface area contributed by atoms with E-state index in [1.54, 1.807) is 18.2 Å². The molecule has 0 spiro atoms. The van der Waals surface area contributed by atoms with E-state index in [-0.39, 0.29) is 23.6 Å². The van der Waals surface area contributed by atoms with Gasteiger partial charge in [0.2, 0.25) is 11.6 Å². The molecule has 2 heterocycles. The van der Waals surface area contributed by atoms with E-state index in [2.05, 4.69) is 20.6 Å². The number of carboxylic acid groups (broad SMARTS) is 1. The second-order valence-electron chi connectivity index (χ2n) is 5.26. The van der Waals surface area contributed by atoms with Gasteiger partial charge in [0.1, 0.15) is 6.04 Å². The quantitative estimate of drug-likeness (QED) is 0.563. The van der Waals surface area contributed by atoms with Crippen molar-refractivity contribution in [1.82, 2.24) is 25.4 Å². The minimum absolute atomic E-state index is 0.0130. The Hall–Kier alpha value is -2.98. The van der Waals surface area contributed by atoms with Gasteiger partial charge >= 0.3 is 5.97 Å². The number of aromatic amines is 1. The number of H-pyrrole nitrogens is 1. The molecule has 0 fully saturated rings. The summed E-state index contributed by atoms with van der Waals surface area (Å²) in [7, 11) is 0. The molecule has 0 radical (unpaired) electrons. The van der Waals surface area contributed by atoms with Gasteiger partial charge in [0.05, 0.1) is 12.1 Å². The van der Waals surface area contributed by atoms with E-state index in [1.807, 2.05) is 6.07 Å². The summed E-state index contributed by atoms with van der Waals surface area (Å²) in [5.41, 5.74) is 5.81. The number of aliphatic carboxylic acids is 1. The smallest absolute Gasteiger partial charge is 0.320 e. The lowest BCUT2D eigenvalue weighted by Gasteiger charge is -2.03. The van der Waals surface area contributed by atoms with E-state index >= 15 is 0 Å². The zero-order chi connectivity index (χ0) is 18.0. The van der Waals surface area contributed by atoms with Gasteiger partial charge in [-0.05, 0) is 22.9 Å². The monoisotopic (exact) mass is 364 g/mol. The number of nitrogens with zero attached hydrogens (tertiary/aromatic N) is 4. The highest BCUT2D eigenvalue weighted by Crippen LogP contribution is 2.18. The van der Waals surface area contributed by atoms with Crippen LogP contribution in [0, 0.1) is 0 Å². The molecule has 130 valence electrons. The summed E-state index contributed by atoms with van der Waals surface area (Å²) in [5.74, 6) is -1.17. The second-order valence-corrected chi connectivity index (χ2v) is 5.70. The normalized spacial score (nSPS) is 12.2. The lowest BCUT2D eigenvalue weighted by Crippen LogP contribution is -2.33. The molecule has 25 heavy (non-hydrogen) atoms. The number of tetrazole rings is 1. The Morgan fingerprint density at radius 2 is 2.28 bits per heavy atom. The molecule has 10 nitrogen and oxygen atoms in total. The number of nitrogens with one attached hydrogen (secondary N) is 1. The molecule has 0 amide bonds. The topological polar surface area (TPSA) is 153 Å². The van der Waals surface area contributed by atoms with E-state index in [9.17, 15) is 9.59 Å². The van der Waals surface area contributed by atoms with Crippen LogP contribution in [0.4, 0.5) is 0 Å². The number of rotatable bonds is 6. The minimum Gasteiger partial charge on any atom is -0.480 e. The van der Waals surface area contributed by atoms with Gasteiger partial charge in [-0.2, -0.15) is 9.95 Å². The highest BCUT2D eigenvalue weighted by molar-refractivity contribution is 6.30. The number of halogens is 1. The van der Waals surface area contributed by atoms with Crippen LogP contribution in [0.5, 0.6) is 0 Å². The first-order valence-corrected chi connectivity index (χ1v) is 7.53. The van der Waals surface area contributed by atoms with Crippen LogP contribution < -0.4 is 11.3 Å². The molecule has 0 aliphatic heterocycles. The molecule has 2 aromatic heterocycles. The van der Waals surface area contributed by atoms with Gasteiger partial charge in [-0.15, -0.1) is 10.2 Å². The van der Waals surface area contributed by atoms with Crippen LogP contribution in [0.1, 0.15) is 11.1 Å². The maximum absolute atomic E-state index is 11.8. The van der Waals surface area contributed by atoms with Gasteiger partial charge in [-0.25, -0.2) is 0 Å². The van der Waals surface area contributed by atoms with Crippen molar-refractivity contribution in [2.45, 2.75) is 19.0 Å². The number of hydrogen-bond acceptors (Lipinski definition) is 7. The van der Waals surface area contributed by atoms with Crippen molar-refractivity contribution in [2.24, 2.45) is 5.73 Å². The van der Waals surface area contributed by atoms with E-state index in [0.717, 1.165) is 5.56 Å². The molecular weight excluding hydrogens is 352 g/mol. The Balaban J connectivity index is 1.85. The molecule has 3 aromatic rings. The first-order valence-electron chi connectivity index (χ1n) is 7.15. The van der Waals surface area contributed by atoms with E-state index < -0.39 is 17.6 Å². The second kappa shape index (κ2) is 6.87. The SMILES string of the molecule is N[C@@H](Cc1c(-c2nnn(Cc3cccc(Cl)c3)n2)o[nH]c1=O)C(=O)O. The average molecular weight is 365 g/mol. The number of aromatic nitrogens is 5. The van der Waals surface area contributed by atoms with Crippen LogP contribution in [0.2, 0.25) is 5.02 Å². The van der Waals surface area contributed by atoms with Crippen LogP contribution in [0.25, 0.3) is 11.6 Å². The van der Waals surface area contributed by atoms with E-state index in [1.165, 1.54) is 4.80 Å². The molecule has 0 unspecified atom stereocenters. The van der Waals surface area contributed by atoms with Crippen molar-refractivity contribution in [3.8, 4) is 11.6 Å². The van der Waals surface area contributed by atoms with Crippen LogP contribution in [0.3, 0.4) is 0 Å². The van der Waals surface area contributed by atoms with Gasteiger partial charge in [0, 0.05) is 11.4 Å². The van der Waals surface area contributed by atoms with Crippen molar-refractivity contribution >= 4 is 17.6 Å². The Morgan fingerprint density at radius 3 is 3.00 bits per heavy atom. The third-order valence-corrected chi connectivity index (χ3v) is 3.64. The molecule has 0 saturated heterocycles. The van der Waals surface area contributed by atoms with Crippen molar-refractivity contribution in [1.29, 1.82) is 0 Å². The van der Waals surface area contributed by atoms with Crippen molar-refractivity contribution in [2.75, 3.05) is 0 Å². The molecule has 0 saturated carbocycles. The molecule has 1 aromatic carbocycles. The molecule has 0 aliphatic carbocycles. The number of nitrogens with two attached hydrogens (primary N) is 1. The number of hydrogen-bond donors (Lipinski definition) is 3. The summed E-state index contributed by atoms with van der Waals surface area (Å²) in [6, 6.07) is 5.91. The van der Waals surface area contributed by atoms with Gasteiger partial charge in [-0.1, -0.05) is 23.7 Å². The third kappa shape index (κ3) is 3.75. The average Bonchev–Trinajstić information content (AvgIpc) is 3.15. The molecule has 1 atom stereocenters. The highest BCUT2D eigenvalue weighted by atomic mass is 35.5. The predicted molar refractivity (Wildman–Crippen MR) is 86.0 cm³/mol. The van der Waals surface area contributed by atoms with Gasteiger partial charge < -0.3 is 15.4 Å². The van der Waals surface area contributed by atoms with Crippen LogP contribution >= 0.6 is 11.6 Å². The summed E-state index contributed by atoms with van der Waals surface area (Å²) in [6.07, 6.45) is -0.223. The Morgan fingerprint density at radius 1 is 1.48 bits per heavy atom. The van der Waals surface area contributed by atoms with Gasteiger partial charge in [-0.3, -0.25) is 9.59 Å². The van der Waals surface area contributed by atoms with Crippen molar-refractivity contribution < 1.29 is 14.4 Å². The Bertz CT molecular complexity index is 962. The van der Waals surface area contributed by atoms with Crippen molar-refractivity contribution in [3.05, 3.63) is 50.8 Å². The zero-order valence-corrected chi connectivity index (χ0v) is 13.5. The maximum Gasteiger partial charge on any atom is 0.320 e. The zero-order valence-electron chi connectivity index (χ0n) is 12.7. The summed E-state index contributed by atoms with van der Waals surface area (Å²) in [5, 5.41) is 23.5. The number of benzene rings is 1. The Labute approximate surface area is 145 Å². The molecule has 0 aliphatic rings. The molecular formula is C14H13ClN6O4. The predicted octanol–water partition coefficient (Wildman–Crippen LogP) is 0.277. The third-order valence-electron chi connectivity index (χ3n) is 3.40. The lowest BCUT2D eigenvalue weighted by atomic mass is 10.1. The first kappa shape index (κ1) is 16.9. The van der Waals surface area contributed by atoms with Crippen LogP contribution in [-0.4, -0.2) is 42.5 Å². The summed E-state index contributed by atoms with van der Waals surface area (Å²) < 4.78 is 5.06. The molecule has 0 bridgehead atoms. The molecule has 11 heteroatoms. The minimum atomic E-state index is -1.25. The summed E-state index contributed by atoms with van der Waals surface area (Å²) in [4.78, 5) is 24.0. The lowest BCUT2D eigenvalue weighted by molar-refractivity contribution is -0.138. The fourth-order valence-electron chi connectivity index (χ4n) is 2.20. The van der Waals surface area contributed by atoms with Crippen molar-refractivity contribution in [3.63, 3.8) is 0 Å². The molecule has 4 N–H and O–H groups in total. The largest absolute Gasteiger partial charge is 0.480 e. The fourth-order valence-corrected chi connectivity index (χ4v) is 2.41. The van der Waals surface area contributed by atoms with Crippen LogP contribution in [-0.2, 0) is 17.8 Å². The standard InChI is InChI=1S/C14H13ClN6O4/c15-8-3-1-2-7(4-8)6-21-18-12(17-20-21)11-9(13(22)19-25-11)5-10(16)14(23)24/h1-4,10H,5-6,16H2,(H,19,22)(H,23,24)/t10-/m0/s1. The number of carboxylic acids is 1.